The average molecular weight is 375 g/mol. The van der Waals surface area contributed by atoms with Crippen molar-refractivity contribution in [3.63, 3.8) is 0 Å². The number of thioether (sulfide) groups is 1. The van der Waals surface area contributed by atoms with E-state index in [-0.39, 0.29) is 35.1 Å². The van der Waals surface area contributed by atoms with Crippen molar-refractivity contribution in [1.82, 2.24) is 10.1 Å². The predicted octanol–water partition coefficient (Wildman–Crippen LogP) is 2.55. The maximum absolute atomic E-state index is 12.5. The van der Waals surface area contributed by atoms with E-state index in [9.17, 15) is 14.7 Å². The van der Waals surface area contributed by atoms with Gasteiger partial charge < -0.3 is 19.8 Å². The minimum atomic E-state index is -0.220. The molecule has 0 spiro atoms. The minimum absolute atomic E-state index is 0.00548. The summed E-state index contributed by atoms with van der Waals surface area (Å²) in [5, 5.41) is 15.9. The first-order chi connectivity index (χ1) is 12.5. The summed E-state index contributed by atoms with van der Waals surface area (Å²) in [4.78, 5) is 26.3. The molecule has 2 aromatic rings. The smallest absolute Gasteiger partial charge is 0.235 e. The van der Waals surface area contributed by atoms with Crippen molar-refractivity contribution in [3.05, 3.63) is 41.7 Å². The molecule has 1 heterocycles. The standard InChI is InChI=1S/C18H21N3O4S/c1-12-7-16(20-25-12)19-17(23)10-26-11-18(24)21(14-5-6-14)9-13-3-2-4-15(22)8-13/h2-4,7-8,14,22H,5-6,9-11H2,1H3,(H,19,20,23). The van der Waals surface area contributed by atoms with Gasteiger partial charge in [-0.05, 0) is 37.5 Å². The second-order valence-electron chi connectivity index (χ2n) is 6.29. The molecule has 138 valence electrons. The molecule has 2 N–H and O–H groups in total. The lowest BCUT2D eigenvalue weighted by Crippen LogP contribution is -2.34. The number of carbonyl (C=O) groups excluding carboxylic acids is 2. The van der Waals surface area contributed by atoms with Crippen LogP contribution < -0.4 is 5.32 Å². The van der Waals surface area contributed by atoms with Crippen LogP contribution in [0.2, 0.25) is 0 Å². The normalized spacial score (nSPS) is 13.4. The van der Waals surface area contributed by atoms with E-state index in [0.717, 1.165) is 18.4 Å². The predicted molar refractivity (Wildman–Crippen MR) is 98.9 cm³/mol. The Morgan fingerprint density at radius 3 is 2.81 bits per heavy atom. The number of hydrogen-bond donors (Lipinski definition) is 2. The van der Waals surface area contributed by atoms with E-state index < -0.39 is 0 Å². The first-order valence-corrected chi connectivity index (χ1v) is 9.55. The molecule has 0 atom stereocenters. The van der Waals surface area contributed by atoms with Gasteiger partial charge in [-0.1, -0.05) is 17.3 Å². The fourth-order valence-corrected chi connectivity index (χ4v) is 3.28. The molecule has 1 fully saturated rings. The molecule has 0 aliphatic heterocycles. The van der Waals surface area contributed by atoms with E-state index >= 15 is 0 Å². The topological polar surface area (TPSA) is 95.7 Å². The van der Waals surface area contributed by atoms with Crippen molar-refractivity contribution in [3.8, 4) is 5.75 Å². The number of anilines is 1. The van der Waals surface area contributed by atoms with Crippen LogP contribution in [0.15, 0.2) is 34.9 Å². The molecular formula is C18H21N3O4S. The van der Waals surface area contributed by atoms with Crippen LogP contribution in [0.4, 0.5) is 5.82 Å². The van der Waals surface area contributed by atoms with Crippen LogP contribution in [-0.2, 0) is 16.1 Å². The molecule has 1 aromatic carbocycles. The number of rotatable bonds is 8. The maximum atomic E-state index is 12.5. The first kappa shape index (κ1) is 18.3. The zero-order valence-electron chi connectivity index (χ0n) is 14.5. The molecule has 7 nitrogen and oxygen atoms in total. The van der Waals surface area contributed by atoms with Gasteiger partial charge in [0.1, 0.15) is 11.5 Å². The van der Waals surface area contributed by atoms with Crippen LogP contribution in [0, 0.1) is 6.92 Å². The Kier molecular flexibility index (Phi) is 5.82. The summed E-state index contributed by atoms with van der Waals surface area (Å²) in [5.41, 5.74) is 0.898. The fraction of sp³-hybridized carbons (Fsp3) is 0.389. The lowest BCUT2D eigenvalue weighted by atomic mass is 10.2. The quantitative estimate of drug-likeness (QED) is 0.736. The van der Waals surface area contributed by atoms with Gasteiger partial charge in [-0.15, -0.1) is 11.8 Å². The molecule has 1 saturated carbocycles. The van der Waals surface area contributed by atoms with Gasteiger partial charge in [-0.2, -0.15) is 0 Å². The molecule has 0 saturated heterocycles. The second kappa shape index (κ2) is 8.27. The van der Waals surface area contributed by atoms with Crippen LogP contribution in [-0.4, -0.2) is 44.5 Å². The van der Waals surface area contributed by atoms with Gasteiger partial charge in [0, 0.05) is 18.7 Å². The van der Waals surface area contributed by atoms with Gasteiger partial charge in [-0.25, -0.2) is 0 Å². The summed E-state index contributed by atoms with van der Waals surface area (Å²) in [6.45, 7) is 2.22. The van der Waals surface area contributed by atoms with Gasteiger partial charge >= 0.3 is 0 Å². The number of amides is 2. The fourth-order valence-electron chi connectivity index (χ4n) is 2.58. The molecule has 26 heavy (non-hydrogen) atoms. The zero-order chi connectivity index (χ0) is 18.5. The van der Waals surface area contributed by atoms with E-state index in [1.807, 2.05) is 11.0 Å². The van der Waals surface area contributed by atoms with Gasteiger partial charge in [0.15, 0.2) is 5.82 Å². The molecule has 1 aliphatic rings. The highest BCUT2D eigenvalue weighted by atomic mass is 32.2. The SMILES string of the molecule is Cc1cc(NC(=O)CSCC(=O)N(Cc2cccc(O)c2)C2CC2)no1. The van der Waals surface area contributed by atoms with E-state index in [0.29, 0.717) is 18.1 Å². The monoisotopic (exact) mass is 375 g/mol. The van der Waals surface area contributed by atoms with Crippen LogP contribution in [0.25, 0.3) is 0 Å². The number of benzene rings is 1. The molecule has 1 aliphatic carbocycles. The number of phenolic OH excluding ortho intramolecular Hbond substituents is 1. The number of carbonyl (C=O) groups is 2. The maximum Gasteiger partial charge on any atom is 0.235 e. The summed E-state index contributed by atoms with van der Waals surface area (Å²) < 4.78 is 4.89. The highest BCUT2D eigenvalue weighted by molar-refractivity contribution is 8.00. The van der Waals surface area contributed by atoms with Crippen molar-refractivity contribution >= 4 is 29.4 Å². The van der Waals surface area contributed by atoms with Crippen molar-refractivity contribution in [1.29, 1.82) is 0 Å². The largest absolute Gasteiger partial charge is 0.508 e. The summed E-state index contributed by atoms with van der Waals surface area (Å²) in [6, 6.07) is 8.84. The summed E-state index contributed by atoms with van der Waals surface area (Å²) in [5.74, 6) is 1.38. The number of aromatic hydroxyl groups is 1. The average Bonchev–Trinajstić information content (AvgIpc) is 3.35. The Morgan fingerprint density at radius 1 is 1.35 bits per heavy atom. The number of phenols is 1. The Balaban J connectivity index is 1.46. The van der Waals surface area contributed by atoms with Crippen molar-refractivity contribution in [2.45, 2.75) is 32.4 Å². The van der Waals surface area contributed by atoms with Gasteiger partial charge in [0.05, 0.1) is 11.5 Å². The Bertz CT molecular complexity index is 788. The Hall–Kier alpha value is -2.48. The molecular weight excluding hydrogens is 354 g/mol. The third-order valence-electron chi connectivity index (χ3n) is 3.93. The first-order valence-electron chi connectivity index (χ1n) is 8.39. The summed E-state index contributed by atoms with van der Waals surface area (Å²) in [6.07, 6.45) is 2.00. The van der Waals surface area contributed by atoms with E-state index in [4.69, 9.17) is 4.52 Å². The number of aryl methyl sites for hydroxylation is 1. The van der Waals surface area contributed by atoms with Gasteiger partial charge in [0.25, 0.3) is 0 Å². The molecule has 0 radical (unpaired) electrons. The van der Waals surface area contributed by atoms with E-state index in [1.54, 1.807) is 31.2 Å². The number of nitrogens with one attached hydrogen (secondary N) is 1. The highest BCUT2D eigenvalue weighted by Crippen LogP contribution is 2.29. The summed E-state index contributed by atoms with van der Waals surface area (Å²) >= 11 is 1.27. The van der Waals surface area contributed by atoms with E-state index in [1.165, 1.54) is 11.8 Å². The minimum Gasteiger partial charge on any atom is -0.508 e. The lowest BCUT2D eigenvalue weighted by molar-refractivity contribution is -0.129. The third-order valence-corrected chi connectivity index (χ3v) is 4.84. The van der Waals surface area contributed by atoms with Crippen LogP contribution >= 0.6 is 11.8 Å². The molecule has 1 aromatic heterocycles. The number of nitrogens with zero attached hydrogens (tertiary/aromatic N) is 2. The Morgan fingerprint density at radius 2 is 2.15 bits per heavy atom. The van der Waals surface area contributed by atoms with Crippen molar-refractivity contribution in [2.75, 3.05) is 16.8 Å². The molecule has 0 bridgehead atoms. The third kappa shape index (κ3) is 5.26. The Labute approximate surface area is 155 Å². The second-order valence-corrected chi connectivity index (χ2v) is 7.27. The highest BCUT2D eigenvalue weighted by Gasteiger charge is 2.32. The van der Waals surface area contributed by atoms with Crippen molar-refractivity contribution in [2.24, 2.45) is 0 Å². The van der Waals surface area contributed by atoms with Crippen LogP contribution in [0.5, 0.6) is 5.75 Å². The molecule has 3 rings (SSSR count). The van der Waals surface area contributed by atoms with E-state index in [2.05, 4.69) is 10.5 Å². The van der Waals surface area contributed by atoms with Gasteiger partial charge in [-0.3, -0.25) is 9.59 Å². The van der Waals surface area contributed by atoms with Crippen LogP contribution in [0.3, 0.4) is 0 Å². The van der Waals surface area contributed by atoms with Crippen molar-refractivity contribution < 1.29 is 19.2 Å². The molecule has 8 heteroatoms. The molecule has 2 amide bonds. The molecule has 0 unspecified atom stereocenters. The number of aromatic nitrogens is 1. The van der Waals surface area contributed by atoms with Crippen LogP contribution in [0.1, 0.15) is 24.2 Å². The zero-order valence-corrected chi connectivity index (χ0v) is 15.3. The number of hydrogen-bond acceptors (Lipinski definition) is 6. The lowest BCUT2D eigenvalue weighted by Gasteiger charge is -2.22. The van der Waals surface area contributed by atoms with Gasteiger partial charge in [0.2, 0.25) is 11.8 Å². The summed E-state index contributed by atoms with van der Waals surface area (Å²) in [7, 11) is 0.